The predicted octanol–water partition coefficient (Wildman–Crippen LogP) is 9.08. The second kappa shape index (κ2) is 16.9. The van der Waals surface area contributed by atoms with Crippen LogP contribution in [0.15, 0.2) is 48.6 Å². The fourth-order valence-electron chi connectivity index (χ4n) is 4.22. The first-order valence-electron chi connectivity index (χ1n) is 15.0. The maximum atomic E-state index is 6.44. The van der Waals surface area contributed by atoms with Crippen LogP contribution in [-0.4, -0.2) is 39.6 Å². The molecule has 41 heavy (non-hydrogen) atoms. The summed E-state index contributed by atoms with van der Waals surface area (Å²) in [6.07, 6.45) is 3.44. The molecule has 228 valence electrons. The molecule has 6 heteroatoms. The Bertz CT molecular complexity index is 1050. The van der Waals surface area contributed by atoms with Crippen LogP contribution < -0.4 is 28.4 Å². The van der Waals surface area contributed by atoms with Crippen LogP contribution in [0.25, 0.3) is 0 Å². The molecule has 0 aliphatic rings. The third-order valence-electron chi connectivity index (χ3n) is 6.25. The molecular formula is C35H52O6. The molecule has 2 aromatic carbocycles. The van der Waals surface area contributed by atoms with Crippen molar-refractivity contribution in [2.24, 2.45) is 0 Å². The molecule has 0 saturated heterocycles. The van der Waals surface area contributed by atoms with Crippen molar-refractivity contribution in [1.29, 1.82) is 0 Å². The predicted molar refractivity (Wildman–Crippen MR) is 169 cm³/mol. The van der Waals surface area contributed by atoms with Crippen LogP contribution >= 0.6 is 0 Å². The average molecular weight is 569 g/mol. The molecule has 0 radical (unpaired) electrons. The highest BCUT2D eigenvalue weighted by atomic mass is 16.5. The van der Waals surface area contributed by atoms with Gasteiger partial charge in [-0.1, -0.05) is 66.8 Å². The van der Waals surface area contributed by atoms with Gasteiger partial charge in [0.15, 0.2) is 23.0 Å². The van der Waals surface area contributed by atoms with Gasteiger partial charge in [-0.2, -0.15) is 0 Å². The third kappa shape index (κ3) is 9.37. The van der Waals surface area contributed by atoms with Gasteiger partial charge in [0.25, 0.3) is 0 Å². The monoisotopic (exact) mass is 568 g/mol. The van der Waals surface area contributed by atoms with E-state index in [0.29, 0.717) is 74.1 Å². The Labute approximate surface area is 248 Å². The zero-order valence-electron chi connectivity index (χ0n) is 26.7. The minimum absolute atomic E-state index is 0.400. The molecule has 0 heterocycles. The fourth-order valence-corrected chi connectivity index (χ4v) is 4.22. The van der Waals surface area contributed by atoms with Crippen LogP contribution in [0.2, 0.25) is 0 Å². The first kappa shape index (κ1) is 33.9. The van der Waals surface area contributed by atoms with Crippen molar-refractivity contribution in [2.75, 3.05) is 39.6 Å². The Morgan fingerprint density at radius 1 is 0.537 bits per heavy atom. The second-order valence-electron chi connectivity index (χ2n) is 11.0. The number of hydrogen-bond acceptors (Lipinski definition) is 6. The summed E-state index contributed by atoms with van der Waals surface area (Å²) in [6.45, 7) is 27.5. The molecule has 2 rings (SSSR count). The maximum absolute atomic E-state index is 6.44. The molecule has 0 bridgehead atoms. The van der Waals surface area contributed by atoms with Crippen molar-refractivity contribution in [2.45, 2.75) is 86.5 Å². The van der Waals surface area contributed by atoms with Crippen LogP contribution in [0.1, 0.15) is 92.2 Å². The number of benzene rings is 2. The molecular weight excluding hydrogens is 516 g/mol. The van der Waals surface area contributed by atoms with Crippen molar-refractivity contribution in [1.82, 2.24) is 0 Å². The highest BCUT2D eigenvalue weighted by Crippen LogP contribution is 2.52. The standard InChI is InChI=1S/C35H52O6/c1-11-19-36-31-27(15-17-29(40-23-25(5)6)33(31)38-21-13-3)35(9,10)28-16-18-30(41-24-26(7)8)34(39-22-14-4)32(28)37-20-12-2/h15-18H,5,7,11-14,19-24H2,1-4,6,8-10H3. The summed E-state index contributed by atoms with van der Waals surface area (Å²) in [7, 11) is 0. The third-order valence-corrected chi connectivity index (χ3v) is 6.25. The first-order chi connectivity index (χ1) is 19.6. The Kier molecular flexibility index (Phi) is 13.9. The number of ether oxygens (including phenoxy) is 6. The lowest BCUT2D eigenvalue weighted by molar-refractivity contribution is 0.241. The van der Waals surface area contributed by atoms with Gasteiger partial charge < -0.3 is 28.4 Å². The van der Waals surface area contributed by atoms with Gasteiger partial charge in [0.1, 0.15) is 13.2 Å². The zero-order chi connectivity index (χ0) is 30.4. The molecule has 0 spiro atoms. The minimum Gasteiger partial charge on any atom is -0.489 e. The van der Waals surface area contributed by atoms with E-state index in [2.05, 4.69) is 66.8 Å². The molecule has 0 aromatic heterocycles. The lowest BCUT2D eigenvalue weighted by Crippen LogP contribution is -2.23. The fraction of sp³-hybridized carbons (Fsp3) is 0.543. The Morgan fingerprint density at radius 2 is 0.854 bits per heavy atom. The zero-order valence-corrected chi connectivity index (χ0v) is 26.7. The van der Waals surface area contributed by atoms with E-state index in [1.807, 2.05) is 26.0 Å². The number of hydrogen-bond donors (Lipinski definition) is 0. The normalized spacial score (nSPS) is 11.1. The number of rotatable bonds is 20. The van der Waals surface area contributed by atoms with E-state index < -0.39 is 5.41 Å². The van der Waals surface area contributed by atoms with Crippen LogP contribution in [-0.2, 0) is 5.41 Å². The van der Waals surface area contributed by atoms with E-state index in [9.17, 15) is 0 Å². The molecule has 0 N–H and O–H groups in total. The van der Waals surface area contributed by atoms with Crippen LogP contribution in [0.5, 0.6) is 34.5 Å². The lowest BCUT2D eigenvalue weighted by Gasteiger charge is -2.32. The highest BCUT2D eigenvalue weighted by Gasteiger charge is 2.35. The van der Waals surface area contributed by atoms with Gasteiger partial charge in [-0.15, -0.1) is 0 Å². The van der Waals surface area contributed by atoms with Gasteiger partial charge in [0.05, 0.1) is 26.4 Å². The van der Waals surface area contributed by atoms with E-state index in [1.165, 1.54) is 0 Å². The van der Waals surface area contributed by atoms with E-state index >= 15 is 0 Å². The molecule has 0 unspecified atom stereocenters. The summed E-state index contributed by atoms with van der Waals surface area (Å²) < 4.78 is 37.7. The van der Waals surface area contributed by atoms with Gasteiger partial charge in [-0.05, 0) is 62.8 Å². The molecule has 0 aliphatic carbocycles. The average Bonchev–Trinajstić information content (AvgIpc) is 2.94. The topological polar surface area (TPSA) is 55.4 Å². The molecule has 0 fully saturated rings. The molecule has 0 amide bonds. The summed E-state index contributed by atoms with van der Waals surface area (Å²) in [4.78, 5) is 0. The minimum atomic E-state index is -0.555. The molecule has 0 atom stereocenters. The second-order valence-corrected chi connectivity index (χ2v) is 11.0. The summed E-state index contributed by atoms with van der Waals surface area (Å²) in [6, 6.07) is 8.07. The smallest absolute Gasteiger partial charge is 0.203 e. The van der Waals surface area contributed by atoms with Crippen molar-refractivity contribution in [3.8, 4) is 34.5 Å². The maximum Gasteiger partial charge on any atom is 0.203 e. The van der Waals surface area contributed by atoms with Gasteiger partial charge in [-0.25, -0.2) is 0 Å². The summed E-state index contributed by atoms with van der Waals surface area (Å²) in [5.41, 5.74) is 3.24. The van der Waals surface area contributed by atoms with Gasteiger partial charge in [0.2, 0.25) is 11.5 Å². The van der Waals surface area contributed by atoms with Crippen molar-refractivity contribution < 1.29 is 28.4 Å². The van der Waals surface area contributed by atoms with Crippen molar-refractivity contribution in [3.63, 3.8) is 0 Å². The SMILES string of the molecule is C=C(C)COc1ccc(C(C)(C)c2ccc(OCC(=C)C)c(OCCC)c2OCCC)c(OCCC)c1OCCC. The largest absolute Gasteiger partial charge is 0.489 e. The van der Waals surface area contributed by atoms with Gasteiger partial charge in [-0.3, -0.25) is 0 Å². The molecule has 0 saturated carbocycles. The molecule has 2 aromatic rings. The van der Waals surface area contributed by atoms with E-state index in [-0.39, 0.29) is 0 Å². The highest BCUT2D eigenvalue weighted by molar-refractivity contribution is 5.64. The van der Waals surface area contributed by atoms with E-state index in [0.717, 1.165) is 48.0 Å². The van der Waals surface area contributed by atoms with Crippen LogP contribution in [0.3, 0.4) is 0 Å². The van der Waals surface area contributed by atoms with E-state index in [4.69, 9.17) is 28.4 Å². The molecule has 6 nitrogen and oxygen atoms in total. The summed E-state index contributed by atoms with van der Waals surface area (Å²) in [5.74, 6) is 3.89. The van der Waals surface area contributed by atoms with Gasteiger partial charge >= 0.3 is 0 Å². The first-order valence-corrected chi connectivity index (χ1v) is 15.0. The quantitative estimate of drug-likeness (QED) is 0.149. The van der Waals surface area contributed by atoms with Crippen LogP contribution in [0, 0.1) is 0 Å². The Balaban J connectivity index is 2.81. The van der Waals surface area contributed by atoms with Gasteiger partial charge in [0, 0.05) is 16.5 Å². The molecule has 0 aliphatic heterocycles. The van der Waals surface area contributed by atoms with Crippen molar-refractivity contribution in [3.05, 3.63) is 59.7 Å². The Morgan fingerprint density at radius 3 is 1.15 bits per heavy atom. The Hall–Kier alpha value is -3.28. The van der Waals surface area contributed by atoms with Crippen molar-refractivity contribution >= 4 is 0 Å². The summed E-state index contributed by atoms with van der Waals surface area (Å²) in [5, 5.41) is 0. The van der Waals surface area contributed by atoms with Crippen LogP contribution in [0.4, 0.5) is 0 Å². The van der Waals surface area contributed by atoms with E-state index in [1.54, 1.807) is 0 Å². The lowest BCUT2D eigenvalue weighted by atomic mass is 9.76. The summed E-state index contributed by atoms with van der Waals surface area (Å²) >= 11 is 0.